The third-order valence-corrected chi connectivity index (χ3v) is 3.72. The van der Waals surface area contributed by atoms with E-state index in [-0.39, 0.29) is 11.5 Å². The van der Waals surface area contributed by atoms with Gasteiger partial charge >= 0.3 is 0 Å². The van der Waals surface area contributed by atoms with Crippen molar-refractivity contribution in [1.82, 2.24) is 24.9 Å². The Balaban J connectivity index is 1.68. The average Bonchev–Trinajstić information content (AvgIpc) is 2.89. The largest absolute Gasteiger partial charge is 0.349 e. The van der Waals surface area contributed by atoms with E-state index >= 15 is 0 Å². The lowest BCUT2D eigenvalue weighted by atomic mass is 10.2. The minimum absolute atomic E-state index is 0.161. The van der Waals surface area contributed by atoms with Gasteiger partial charge in [-0.05, 0) is 19.1 Å². The number of carbonyl (C=O) groups is 1. The number of fused-ring (bicyclic) bond motifs is 1. The number of amides is 1. The van der Waals surface area contributed by atoms with Gasteiger partial charge < -0.3 is 5.32 Å². The quantitative estimate of drug-likeness (QED) is 0.775. The van der Waals surface area contributed by atoms with E-state index in [0.29, 0.717) is 24.2 Å². The molecule has 1 amide bonds. The summed E-state index contributed by atoms with van der Waals surface area (Å²) in [5.74, 6) is -0.262. The van der Waals surface area contributed by atoms with Crippen LogP contribution in [0.3, 0.4) is 0 Å². The Hall–Kier alpha value is -2.96. The molecule has 0 aliphatic carbocycles. The molecule has 0 spiro atoms. The molecule has 0 unspecified atom stereocenters. The molecule has 118 valence electrons. The van der Waals surface area contributed by atoms with Crippen LogP contribution in [0.2, 0.25) is 0 Å². The molecular weight excluding hydrogens is 294 g/mol. The van der Waals surface area contributed by atoms with Crippen molar-refractivity contribution in [3.63, 3.8) is 0 Å². The lowest BCUT2D eigenvalue weighted by Gasteiger charge is -2.06. The highest BCUT2D eigenvalue weighted by atomic mass is 16.2. The van der Waals surface area contributed by atoms with Crippen molar-refractivity contribution >= 4 is 16.7 Å². The van der Waals surface area contributed by atoms with Crippen LogP contribution in [0.15, 0.2) is 41.3 Å². The number of nitrogens with zero attached hydrogens (tertiary/aromatic N) is 4. The Labute approximate surface area is 132 Å². The number of benzene rings is 1. The lowest BCUT2D eigenvalue weighted by molar-refractivity contribution is 0.0946. The molecule has 3 aromatic rings. The fourth-order valence-corrected chi connectivity index (χ4v) is 2.32. The van der Waals surface area contributed by atoms with Crippen LogP contribution >= 0.6 is 0 Å². The van der Waals surface area contributed by atoms with E-state index in [1.807, 2.05) is 25.1 Å². The summed E-state index contributed by atoms with van der Waals surface area (Å²) < 4.78 is 3.00. The van der Waals surface area contributed by atoms with Crippen molar-refractivity contribution in [2.45, 2.75) is 13.5 Å². The second kappa shape index (κ2) is 6.04. The molecule has 0 aliphatic heterocycles. The van der Waals surface area contributed by atoms with Gasteiger partial charge in [-0.25, -0.2) is 4.68 Å². The predicted octanol–water partition coefficient (Wildman–Crippen LogP) is 0.868. The van der Waals surface area contributed by atoms with E-state index < -0.39 is 0 Å². The molecule has 7 heteroatoms. The third-order valence-electron chi connectivity index (χ3n) is 3.72. The van der Waals surface area contributed by atoms with Crippen LogP contribution in [0.4, 0.5) is 0 Å². The maximum absolute atomic E-state index is 12.3. The molecule has 1 N–H and O–H groups in total. The molecule has 2 heterocycles. The zero-order chi connectivity index (χ0) is 16.4. The summed E-state index contributed by atoms with van der Waals surface area (Å²) in [5, 5.41) is 12.4. The number of hydrogen-bond donors (Lipinski definition) is 1. The van der Waals surface area contributed by atoms with Gasteiger partial charge in [-0.2, -0.15) is 10.2 Å². The summed E-state index contributed by atoms with van der Waals surface area (Å²) in [4.78, 5) is 24.3. The topological polar surface area (TPSA) is 81.8 Å². The molecule has 0 aliphatic rings. The zero-order valence-electron chi connectivity index (χ0n) is 13.0. The summed E-state index contributed by atoms with van der Waals surface area (Å²) in [7, 11) is 1.78. The SMILES string of the molecule is Cc1cc(C(=O)NCCn2ncc3ccccc3c2=O)nn1C. The van der Waals surface area contributed by atoms with Crippen LogP contribution < -0.4 is 10.9 Å². The van der Waals surface area contributed by atoms with Crippen molar-refractivity contribution in [2.75, 3.05) is 6.54 Å². The Bertz CT molecular complexity index is 906. The van der Waals surface area contributed by atoms with Crippen molar-refractivity contribution in [1.29, 1.82) is 0 Å². The fraction of sp³-hybridized carbons (Fsp3) is 0.250. The van der Waals surface area contributed by atoms with E-state index in [1.165, 1.54) is 4.68 Å². The molecule has 0 fully saturated rings. The zero-order valence-corrected chi connectivity index (χ0v) is 13.0. The van der Waals surface area contributed by atoms with Gasteiger partial charge in [0.25, 0.3) is 11.5 Å². The maximum atomic E-state index is 12.3. The van der Waals surface area contributed by atoms with Gasteiger partial charge in [0, 0.05) is 24.7 Å². The van der Waals surface area contributed by atoms with Crippen molar-refractivity contribution in [2.24, 2.45) is 7.05 Å². The summed E-state index contributed by atoms with van der Waals surface area (Å²) in [6.07, 6.45) is 1.65. The van der Waals surface area contributed by atoms with Gasteiger partial charge in [0.2, 0.25) is 0 Å². The first kappa shape index (κ1) is 15.0. The number of nitrogens with one attached hydrogen (secondary N) is 1. The van der Waals surface area contributed by atoms with Crippen LogP contribution in [-0.2, 0) is 13.6 Å². The van der Waals surface area contributed by atoms with Gasteiger partial charge in [0.1, 0.15) is 5.69 Å². The van der Waals surface area contributed by atoms with Gasteiger partial charge in [-0.15, -0.1) is 0 Å². The smallest absolute Gasteiger partial charge is 0.274 e. The van der Waals surface area contributed by atoms with Crippen molar-refractivity contribution in [3.05, 3.63) is 58.3 Å². The first-order valence-electron chi connectivity index (χ1n) is 7.30. The molecule has 0 saturated carbocycles. The van der Waals surface area contributed by atoms with Gasteiger partial charge in [0.15, 0.2) is 0 Å². The molecule has 3 rings (SSSR count). The minimum atomic E-state index is -0.262. The molecule has 0 saturated heterocycles. The van der Waals surface area contributed by atoms with E-state index in [4.69, 9.17) is 0 Å². The number of aryl methyl sites for hydroxylation is 2. The molecule has 23 heavy (non-hydrogen) atoms. The van der Waals surface area contributed by atoms with Crippen LogP contribution in [0.25, 0.3) is 10.8 Å². The van der Waals surface area contributed by atoms with E-state index in [2.05, 4.69) is 15.5 Å². The Morgan fingerprint density at radius 1 is 1.30 bits per heavy atom. The molecule has 0 radical (unpaired) electrons. The van der Waals surface area contributed by atoms with E-state index in [9.17, 15) is 9.59 Å². The van der Waals surface area contributed by atoms with Crippen molar-refractivity contribution < 1.29 is 4.79 Å². The fourth-order valence-electron chi connectivity index (χ4n) is 2.32. The number of hydrogen-bond acceptors (Lipinski definition) is 4. The first-order chi connectivity index (χ1) is 11.1. The van der Waals surface area contributed by atoms with Crippen LogP contribution in [0.5, 0.6) is 0 Å². The Morgan fingerprint density at radius 2 is 2.09 bits per heavy atom. The van der Waals surface area contributed by atoms with Crippen molar-refractivity contribution in [3.8, 4) is 0 Å². The lowest BCUT2D eigenvalue weighted by Crippen LogP contribution is -2.32. The highest BCUT2D eigenvalue weighted by Crippen LogP contribution is 2.06. The molecule has 0 bridgehead atoms. The van der Waals surface area contributed by atoms with E-state index in [1.54, 1.807) is 30.1 Å². The second-order valence-electron chi connectivity index (χ2n) is 5.31. The molecule has 2 aromatic heterocycles. The van der Waals surface area contributed by atoms with Crippen LogP contribution in [-0.4, -0.2) is 32.0 Å². The molecular formula is C16H17N5O2. The normalized spacial score (nSPS) is 10.9. The maximum Gasteiger partial charge on any atom is 0.274 e. The van der Waals surface area contributed by atoms with Gasteiger partial charge in [0.05, 0.1) is 18.1 Å². The highest BCUT2D eigenvalue weighted by Gasteiger charge is 2.10. The number of rotatable bonds is 4. The first-order valence-corrected chi connectivity index (χ1v) is 7.30. The van der Waals surface area contributed by atoms with Gasteiger partial charge in [-0.1, -0.05) is 18.2 Å². The van der Waals surface area contributed by atoms with Crippen LogP contribution in [0, 0.1) is 6.92 Å². The monoisotopic (exact) mass is 311 g/mol. The molecule has 1 aromatic carbocycles. The predicted molar refractivity (Wildman–Crippen MR) is 86.3 cm³/mol. The van der Waals surface area contributed by atoms with E-state index in [0.717, 1.165) is 11.1 Å². The number of aromatic nitrogens is 4. The Morgan fingerprint density at radius 3 is 2.83 bits per heavy atom. The summed E-state index contributed by atoms with van der Waals surface area (Å²) in [6.45, 7) is 2.49. The van der Waals surface area contributed by atoms with Gasteiger partial charge in [-0.3, -0.25) is 14.3 Å². The number of carbonyl (C=O) groups excluding carboxylic acids is 1. The standard InChI is InChI=1S/C16H17N5O2/c1-11-9-14(19-20(11)2)15(22)17-7-8-21-16(23)13-6-4-3-5-12(13)10-18-21/h3-6,9-10H,7-8H2,1-2H3,(H,17,22). The summed E-state index contributed by atoms with van der Waals surface area (Å²) in [6, 6.07) is 9.02. The second-order valence-corrected chi connectivity index (χ2v) is 5.31. The summed E-state index contributed by atoms with van der Waals surface area (Å²) >= 11 is 0. The average molecular weight is 311 g/mol. The minimum Gasteiger partial charge on any atom is -0.349 e. The molecule has 0 atom stereocenters. The molecule has 7 nitrogen and oxygen atoms in total. The summed E-state index contributed by atoms with van der Waals surface area (Å²) in [5.41, 5.74) is 1.11. The van der Waals surface area contributed by atoms with Crippen LogP contribution in [0.1, 0.15) is 16.2 Å². The Kier molecular flexibility index (Phi) is 3.92. The highest BCUT2D eigenvalue weighted by molar-refractivity contribution is 5.92. The third kappa shape index (κ3) is 2.98.